The fourth-order valence-electron chi connectivity index (χ4n) is 4.09. The minimum absolute atomic E-state index is 0.0382. The normalized spacial score (nSPS) is 22.1. The monoisotopic (exact) mass is 541 g/mol. The van der Waals surface area contributed by atoms with Crippen LogP contribution in [0.3, 0.4) is 0 Å². The molecule has 1 aromatic carbocycles. The second kappa shape index (κ2) is 13.1. The average Bonchev–Trinajstić information content (AvgIpc) is 2.71. The quantitative estimate of drug-likeness (QED) is 0.0707. The van der Waals surface area contributed by atoms with Crippen LogP contribution < -0.4 is 0 Å². The summed E-state index contributed by atoms with van der Waals surface area (Å²) in [5.41, 5.74) is 9.37. The number of rotatable bonds is 11. The van der Waals surface area contributed by atoms with Gasteiger partial charge in [0.2, 0.25) is 0 Å². The number of carbonyl (C=O) groups excluding carboxylic acids is 1. The second-order valence-corrected chi connectivity index (χ2v) is 9.40. The summed E-state index contributed by atoms with van der Waals surface area (Å²) in [7, 11) is 0. The molecule has 7 nitrogen and oxygen atoms in total. The summed E-state index contributed by atoms with van der Waals surface area (Å²) in [5.74, 6) is -0.184. The molecule has 1 saturated carbocycles. The third-order valence-electron chi connectivity index (χ3n) is 5.62. The molecule has 0 heterocycles. The van der Waals surface area contributed by atoms with E-state index in [-0.39, 0.29) is 18.3 Å². The van der Waals surface area contributed by atoms with Crippen molar-refractivity contribution in [3.63, 3.8) is 0 Å². The van der Waals surface area contributed by atoms with Crippen molar-refractivity contribution < 1.29 is 19.7 Å². The van der Waals surface area contributed by atoms with Gasteiger partial charge < -0.3 is 14.9 Å². The Morgan fingerprint density at radius 3 is 3.00 bits per heavy atom. The summed E-state index contributed by atoms with van der Waals surface area (Å²) in [4.78, 5) is 14.6. The number of ether oxygens (including phenoxy) is 1. The Morgan fingerprint density at radius 1 is 1.48 bits per heavy atom. The van der Waals surface area contributed by atoms with Gasteiger partial charge in [0.25, 0.3) is 0 Å². The maximum atomic E-state index is 11.7. The van der Waals surface area contributed by atoms with Crippen LogP contribution in [0.5, 0.6) is 0 Å². The van der Waals surface area contributed by atoms with E-state index in [4.69, 9.17) is 10.3 Å². The summed E-state index contributed by atoms with van der Waals surface area (Å²) >= 11 is 2.17. The number of halogens is 1. The number of hydrogen-bond donors (Lipinski definition) is 2. The third-order valence-corrected chi connectivity index (χ3v) is 6.49. The Bertz CT molecular complexity index is 810. The van der Waals surface area contributed by atoms with Gasteiger partial charge in [0.05, 0.1) is 30.4 Å². The Labute approximate surface area is 197 Å². The van der Waals surface area contributed by atoms with E-state index in [1.165, 1.54) is 5.56 Å². The summed E-state index contributed by atoms with van der Waals surface area (Å²) in [6.07, 6.45) is 9.77. The van der Waals surface area contributed by atoms with Crippen LogP contribution in [0.15, 0.2) is 35.5 Å². The number of unbranched alkanes of at least 4 members (excludes halogenated alkanes) is 1. The Hall–Kier alpha value is -1.61. The lowest BCUT2D eigenvalue weighted by Gasteiger charge is -2.35. The standard InChI is InChI=1S/C23H32IN3O4/c1-2-31-22(29)16-23(30)13-5-7-18(15-23)9-11-19(28)8-4-3-6-17-10-12-21(26-27-25)20(24)14-17/h9-12,14,18-19,28,30H,2-8,13,15-16H2,1H3/b11-9+/t18-,19?,23+/m0/s1. The molecule has 0 bridgehead atoms. The van der Waals surface area contributed by atoms with Crippen LogP contribution in [0, 0.1) is 9.49 Å². The summed E-state index contributed by atoms with van der Waals surface area (Å²) in [6.45, 7) is 2.09. The van der Waals surface area contributed by atoms with E-state index >= 15 is 0 Å². The molecule has 2 rings (SSSR count). The topological polar surface area (TPSA) is 116 Å². The molecule has 0 saturated heterocycles. The van der Waals surface area contributed by atoms with Crippen molar-refractivity contribution in [2.45, 2.75) is 76.4 Å². The number of benzene rings is 1. The molecule has 0 radical (unpaired) electrons. The second-order valence-electron chi connectivity index (χ2n) is 8.24. The number of allylic oxidation sites excluding steroid dienone is 1. The first-order chi connectivity index (χ1) is 14.8. The zero-order valence-electron chi connectivity index (χ0n) is 18.0. The molecule has 1 unspecified atom stereocenters. The van der Waals surface area contributed by atoms with Crippen molar-refractivity contribution in [1.29, 1.82) is 0 Å². The van der Waals surface area contributed by atoms with Crippen LogP contribution in [-0.2, 0) is 16.0 Å². The van der Waals surface area contributed by atoms with Gasteiger partial charge in [-0.15, -0.1) is 0 Å². The van der Waals surface area contributed by atoms with E-state index in [9.17, 15) is 15.0 Å². The maximum absolute atomic E-state index is 11.7. The molecule has 8 heteroatoms. The molecule has 1 aliphatic carbocycles. The number of aliphatic hydroxyl groups excluding tert-OH is 1. The van der Waals surface area contributed by atoms with Crippen LogP contribution in [0.2, 0.25) is 0 Å². The van der Waals surface area contributed by atoms with Crippen molar-refractivity contribution in [3.05, 3.63) is 49.9 Å². The van der Waals surface area contributed by atoms with E-state index in [1.807, 2.05) is 30.4 Å². The number of esters is 1. The first-order valence-corrected chi connectivity index (χ1v) is 12.0. The van der Waals surface area contributed by atoms with E-state index in [0.717, 1.165) is 35.7 Å². The lowest BCUT2D eigenvalue weighted by Crippen LogP contribution is -2.37. The van der Waals surface area contributed by atoms with Crippen molar-refractivity contribution in [2.24, 2.45) is 11.0 Å². The molecule has 3 atom stereocenters. The first-order valence-electron chi connectivity index (χ1n) is 10.9. The summed E-state index contributed by atoms with van der Waals surface area (Å²) in [6, 6.07) is 5.84. The summed E-state index contributed by atoms with van der Waals surface area (Å²) in [5, 5.41) is 24.7. The minimum Gasteiger partial charge on any atom is -0.466 e. The smallest absolute Gasteiger partial charge is 0.308 e. The van der Waals surface area contributed by atoms with E-state index in [2.05, 4.69) is 32.6 Å². The summed E-state index contributed by atoms with van der Waals surface area (Å²) < 4.78 is 5.91. The molecule has 1 aliphatic rings. The van der Waals surface area contributed by atoms with Crippen molar-refractivity contribution >= 4 is 34.2 Å². The predicted molar refractivity (Wildman–Crippen MR) is 129 cm³/mol. The zero-order valence-corrected chi connectivity index (χ0v) is 20.2. The predicted octanol–water partition coefficient (Wildman–Crippen LogP) is 5.74. The van der Waals surface area contributed by atoms with Crippen LogP contribution in [0.25, 0.3) is 10.4 Å². The average molecular weight is 541 g/mol. The number of aryl methyl sites for hydroxylation is 1. The highest BCUT2D eigenvalue weighted by Crippen LogP contribution is 2.36. The lowest BCUT2D eigenvalue weighted by molar-refractivity contribution is -0.150. The van der Waals surface area contributed by atoms with Crippen LogP contribution in [-0.4, -0.2) is 34.5 Å². The first kappa shape index (κ1) is 25.6. The molecule has 0 amide bonds. The van der Waals surface area contributed by atoms with Crippen LogP contribution in [0.1, 0.15) is 63.9 Å². The number of aliphatic hydroxyl groups is 2. The van der Waals surface area contributed by atoms with Gasteiger partial charge in [-0.25, -0.2) is 0 Å². The van der Waals surface area contributed by atoms with Crippen LogP contribution in [0.4, 0.5) is 5.69 Å². The highest BCUT2D eigenvalue weighted by atomic mass is 127. The molecule has 0 aromatic heterocycles. The molecule has 1 fully saturated rings. The number of hydrogen-bond acceptors (Lipinski definition) is 5. The number of azide groups is 1. The molecule has 31 heavy (non-hydrogen) atoms. The van der Waals surface area contributed by atoms with Gasteiger partial charge in [0.1, 0.15) is 0 Å². The van der Waals surface area contributed by atoms with Crippen molar-refractivity contribution in [1.82, 2.24) is 0 Å². The molecule has 0 spiro atoms. The largest absolute Gasteiger partial charge is 0.466 e. The highest BCUT2D eigenvalue weighted by Gasteiger charge is 2.35. The number of carbonyl (C=O) groups is 1. The Kier molecular flexibility index (Phi) is 10.8. The van der Waals surface area contributed by atoms with E-state index < -0.39 is 11.7 Å². The van der Waals surface area contributed by atoms with Gasteiger partial charge in [-0.05, 0) is 97.5 Å². The lowest BCUT2D eigenvalue weighted by atomic mass is 9.76. The zero-order chi connectivity index (χ0) is 22.7. The Morgan fingerprint density at radius 2 is 2.29 bits per heavy atom. The fraction of sp³-hybridized carbons (Fsp3) is 0.609. The molecule has 0 aliphatic heterocycles. The van der Waals surface area contributed by atoms with E-state index in [0.29, 0.717) is 31.6 Å². The van der Waals surface area contributed by atoms with Gasteiger partial charge in [-0.3, -0.25) is 4.79 Å². The van der Waals surface area contributed by atoms with Crippen molar-refractivity contribution in [2.75, 3.05) is 6.61 Å². The maximum Gasteiger partial charge on any atom is 0.308 e. The molecule has 2 N–H and O–H groups in total. The third kappa shape index (κ3) is 9.19. The molecule has 1 aromatic rings. The van der Waals surface area contributed by atoms with Crippen LogP contribution >= 0.6 is 22.6 Å². The molecule has 170 valence electrons. The molecular formula is C23H32IN3O4. The van der Waals surface area contributed by atoms with Gasteiger partial charge in [-0.2, -0.15) is 0 Å². The fourth-order valence-corrected chi connectivity index (χ4v) is 4.78. The van der Waals surface area contributed by atoms with Crippen molar-refractivity contribution in [3.8, 4) is 0 Å². The SMILES string of the molecule is CCOC(=O)C[C@@]1(O)CCC[C@@H](/C=C/C(O)CCCCc2ccc(N=[N+]=[N-])c(I)c2)C1. The molecular weight excluding hydrogens is 509 g/mol. The van der Waals surface area contributed by atoms with Gasteiger partial charge in [0.15, 0.2) is 0 Å². The minimum atomic E-state index is -1.00. The van der Waals surface area contributed by atoms with Gasteiger partial charge >= 0.3 is 5.97 Å². The highest BCUT2D eigenvalue weighted by molar-refractivity contribution is 14.1. The van der Waals surface area contributed by atoms with Gasteiger partial charge in [-0.1, -0.05) is 35.8 Å². The number of nitrogens with zero attached hydrogens (tertiary/aromatic N) is 3. The Balaban J connectivity index is 1.73. The van der Waals surface area contributed by atoms with E-state index in [1.54, 1.807) is 6.92 Å². The van der Waals surface area contributed by atoms with Gasteiger partial charge in [0, 0.05) is 8.48 Å².